The van der Waals surface area contributed by atoms with Crippen molar-refractivity contribution in [2.75, 3.05) is 6.54 Å². The maximum Gasteiger partial charge on any atom is 0.293 e. The Labute approximate surface area is 164 Å². The number of hydrogen-bond donors (Lipinski definition) is 1. The van der Waals surface area contributed by atoms with E-state index in [0.717, 1.165) is 0 Å². The highest BCUT2D eigenvalue weighted by Crippen LogP contribution is 2.24. The number of aromatic nitrogens is 1. The predicted molar refractivity (Wildman–Crippen MR) is 103 cm³/mol. The van der Waals surface area contributed by atoms with Gasteiger partial charge in [-0.3, -0.25) is 9.59 Å². The summed E-state index contributed by atoms with van der Waals surface area (Å²) in [7, 11) is 0. The van der Waals surface area contributed by atoms with Crippen molar-refractivity contribution in [1.29, 1.82) is 0 Å². The van der Waals surface area contributed by atoms with Gasteiger partial charge >= 0.3 is 0 Å². The third-order valence-electron chi connectivity index (χ3n) is 5.02. The summed E-state index contributed by atoms with van der Waals surface area (Å²) < 4.78 is 18.4. The van der Waals surface area contributed by atoms with Crippen LogP contribution in [0.3, 0.4) is 0 Å². The minimum atomic E-state index is -0.540. The van der Waals surface area contributed by atoms with Gasteiger partial charge in [0, 0.05) is 24.2 Å². The largest absolute Gasteiger partial charge is 0.350 e. The lowest BCUT2D eigenvalue weighted by atomic mass is 9.94. The molecule has 1 aromatic heterocycles. The standard InChI is InChI=1S/C21H26FN3O3/c1-12(2)9-18-20(26)23-17(13(3)4)11-25(18)21(27)19-10-16(24-28-19)14-5-7-15(22)8-6-14/h5-8,10,12-13,17-18H,9,11H2,1-4H3,(H,23,26). The average Bonchev–Trinajstić information content (AvgIpc) is 3.13. The van der Waals surface area contributed by atoms with E-state index in [1.807, 2.05) is 27.7 Å². The number of piperazine rings is 1. The number of rotatable bonds is 5. The normalized spacial score (nSPS) is 20.0. The summed E-state index contributed by atoms with van der Waals surface area (Å²) in [5.41, 5.74) is 1.10. The van der Waals surface area contributed by atoms with E-state index in [0.29, 0.717) is 24.2 Å². The number of halogens is 1. The molecule has 1 saturated heterocycles. The molecule has 2 unspecified atom stereocenters. The zero-order valence-electron chi connectivity index (χ0n) is 16.6. The highest BCUT2D eigenvalue weighted by molar-refractivity contribution is 5.97. The van der Waals surface area contributed by atoms with E-state index in [1.165, 1.54) is 12.1 Å². The van der Waals surface area contributed by atoms with Crippen LogP contribution in [0.1, 0.15) is 44.7 Å². The SMILES string of the molecule is CC(C)CC1C(=O)NC(C(C)C)CN1C(=O)c1cc(-c2ccc(F)cc2)no1. The Morgan fingerprint density at radius 2 is 1.96 bits per heavy atom. The average molecular weight is 387 g/mol. The van der Waals surface area contributed by atoms with Crippen molar-refractivity contribution in [3.05, 3.63) is 41.9 Å². The fourth-order valence-corrected chi connectivity index (χ4v) is 3.36. The summed E-state index contributed by atoms with van der Waals surface area (Å²) in [5.74, 6) is -0.309. The summed E-state index contributed by atoms with van der Waals surface area (Å²) in [6.45, 7) is 8.48. The minimum Gasteiger partial charge on any atom is -0.350 e. The van der Waals surface area contributed by atoms with E-state index in [1.54, 1.807) is 23.1 Å². The molecule has 1 aromatic carbocycles. The first-order chi connectivity index (χ1) is 13.3. The molecule has 0 spiro atoms. The Kier molecular flexibility index (Phi) is 5.82. The number of carbonyl (C=O) groups excluding carboxylic acids is 2. The molecule has 0 radical (unpaired) electrons. The van der Waals surface area contributed by atoms with Gasteiger partial charge in [0.1, 0.15) is 17.6 Å². The second-order valence-electron chi connectivity index (χ2n) is 8.05. The smallest absolute Gasteiger partial charge is 0.293 e. The third-order valence-corrected chi connectivity index (χ3v) is 5.02. The second kappa shape index (κ2) is 8.12. The van der Waals surface area contributed by atoms with Crippen LogP contribution in [0.25, 0.3) is 11.3 Å². The van der Waals surface area contributed by atoms with E-state index in [4.69, 9.17) is 4.52 Å². The number of amides is 2. The van der Waals surface area contributed by atoms with Crippen LogP contribution in [0.5, 0.6) is 0 Å². The van der Waals surface area contributed by atoms with Crippen LogP contribution >= 0.6 is 0 Å². The van der Waals surface area contributed by atoms with Crippen molar-refractivity contribution in [1.82, 2.24) is 15.4 Å². The van der Waals surface area contributed by atoms with Crippen molar-refractivity contribution in [3.8, 4) is 11.3 Å². The zero-order chi connectivity index (χ0) is 20.4. The van der Waals surface area contributed by atoms with Gasteiger partial charge in [-0.25, -0.2) is 4.39 Å². The first-order valence-electron chi connectivity index (χ1n) is 9.60. The molecular formula is C21H26FN3O3. The monoisotopic (exact) mass is 387 g/mol. The molecule has 1 aliphatic heterocycles. The van der Waals surface area contributed by atoms with Crippen LogP contribution < -0.4 is 5.32 Å². The number of benzene rings is 1. The van der Waals surface area contributed by atoms with Gasteiger partial charge < -0.3 is 14.7 Å². The van der Waals surface area contributed by atoms with Crippen LogP contribution in [-0.2, 0) is 4.79 Å². The lowest BCUT2D eigenvalue weighted by Crippen LogP contribution is -2.63. The first-order valence-corrected chi connectivity index (χ1v) is 9.60. The van der Waals surface area contributed by atoms with Crippen LogP contribution in [-0.4, -0.2) is 40.5 Å². The first kappa shape index (κ1) is 20.0. The van der Waals surface area contributed by atoms with Crippen LogP contribution in [0, 0.1) is 17.7 Å². The fourth-order valence-electron chi connectivity index (χ4n) is 3.36. The second-order valence-corrected chi connectivity index (χ2v) is 8.05. The van der Waals surface area contributed by atoms with Crippen molar-refractivity contribution in [3.63, 3.8) is 0 Å². The van der Waals surface area contributed by atoms with Crippen molar-refractivity contribution in [2.45, 2.75) is 46.2 Å². The molecule has 1 N–H and O–H groups in total. The molecule has 7 heteroatoms. The molecule has 150 valence electrons. The van der Waals surface area contributed by atoms with Gasteiger partial charge in [0.25, 0.3) is 5.91 Å². The van der Waals surface area contributed by atoms with Crippen molar-refractivity contribution in [2.24, 2.45) is 11.8 Å². The Bertz CT molecular complexity index is 845. The van der Waals surface area contributed by atoms with Gasteiger partial charge in [-0.1, -0.05) is 32.9 Å². The summed E-state index contributed by atoms with van der Waals surface area (Å²) in [6, 6.07) is 6.69. The van der Waals surface area contributed by atoms with Gasteiger partial charge in [0.05, 0.1) is 0 Å². The molecule has 2 heterocycles. The lowest BCUT2D eigenvalue weighted by Gasteiger charge is -2.41. The molecule has 0 saturated carbocycles. The fraction of sp³-hybridized carbons (Fsp3) is 0.476. The Hall–Kier alpha value is -2.70. The van der Waals surface area contributed by atoms with Gasteiger partial charge in [0.15, 0.2) is 0 Å². The molecule has 2 aromatic rings. The van der Waals surface area contributed by atoms with E-state index in [9.17, 15) is 14.0 Å². The number of nitrogens with one attached hydrogen (secondary N) is 1. The predicted octanol–water partition coefficient (Wildman–Crippen LogP) is 3.49. The summed E-state index contributed by atoms with van der Waals surface area (Å²) in [6.07, 6.45) is 0.571. The van der Waals surface area contributed by atoms with E-state index in [2.05, 4.69) is 10.5 Å². The highest BCUT2D eigenvalue weighted by atomic mass is 19.1. The topological polar surface area (TPSA) is 75.4 Å². The van der Waals surface area contributed by atoms with E-state index in [-0.39, 0.29) is 41.3 Å². The Morgan fingerprint density at radius 1 is 1.29 bits per heavy atom. The summed E-state index contributed by atoms with van der Waals surface area (Å²) in [4.78, 5) is 27.4. The van der Waals surface area contributed by atoms with Crippen LogP contribution in [0.2, 0.25) is 0 Å². The van der Waals surface area contributed by atoms with Gasteiger partial charge in [-0.15, -0.1) is 0 Å². The van der Waals surface area contributed by atoms with Crippen LogP contribution in [0.4, 0.5) is 4.39 Å². The molecule has 6 nitrogen and oxygen atoms in total. The molecule has 28 heavy (non-hydrogen) atoms. The number of nitrogens with zero attached hydrogens (tertiary/aromatic N) is 2. The highest BCUT2D eigenvalue weighted by Gasteiger charge is 2.39. The van der Waals surface area contributed by atoms with Crippen molar-refractivity contribution < 1.29 is 18.5 Å². The van der Waals surface area contributed by atoms with Crippen molar-refractivity contribution >= 4 is 11.8 Å². The van der Waals surface area contributed by atoms with E-state index < -0.39 is 6.04 Å². The Balaban J connectivity index is 1.87. The molecule has 0 bridgehead atoms. The molecule has 2 amide bonds. The van der Waals surface area contributed by atoms with Crippen LogP contribution in [0.15, 0.2) is 34.9 Å². The minimum absolute atomic E-state index is 0.0743. The summed E-state index contributed by atoms with van der Waals surface area (Å²) in [5, 5.41) is 6.97. The Morgan fingerprint density at radius 3 is 2.57 bits per heavy atom. The maximum atomic E-state index is 13.2. The molecule has 3 rings (SSSR count). The van der Waals surface area contributed by atoms with E-state index >= 15 is 0 Å². The number of carbonyl (C=O) groups is 2. The lowest BCUT2D eigenvalue weighted by molar-refractivity contribution is -0.130. The molecule has 1 fully saturated rings. The molecular weight excluding hydrogens is 361 g/mol. The number of hydrogen-bond acceptors (Lipinski definition) is 4. The van der Waals surface area contributed by atoms with Gasteiger partial charge in [-0.05, 0) is 42.5 Å². The van der Waals surface area contributed by atoms with Gasteiger partial charge in [-0.2, -0.15) is 0 Å². The maximum absolute atomic E-state index is 13.2. The molecule has 0 aliphatic carbocycles. The quantitative estimate of drug-likeness (QED) is 0.852. The molecule has 1 aliphatic rings. The third kappa shape index (κ3) is 4.24. The molecule has 2 atom stereocenters. The van der Waals surface area contributed by atoms with Gasteiger partial charge in [0.2, 0.25) is 11.7 Å². The zero-order valence-corrected chi connectivity index (χ0v) is 16.6. The summed E-state index contributed by atoms with van der Waals surface area (Å²) >= 11 is 0.